The molecule has 1 N–H and O–H groups in total. The van der Waals surface area contributed by atoms with Gasteiger partial charge in [0.05, 0.1) is 17.8 Å². The van der Waals surface area contributed by atoms with Crippen molar-refractivity contribution in [3.8, 4) is 0 Å². The molecule has 17 heavy (non-hydrogen) atoms. The van der Waals surface area contributed by atoms with Crippen molar-refractivity contribution in [2.24, 2.45) is 0 Å². The molecule has 2 heterocycles. The Morgan fingerprint density at radius 1 is 0.941 bits per heavy atom. The van der Waals surface area contributed by atoms with Gasteiger partial charge in [0.15, 0.2) is 0 Å². The molecule has 0 radical (unpaired) electrons. The predicted octanol–water partition coefficient (Wildman–Crippen LogP) is 2.25. The van der Waals surface area contributed by atoms with Crippen molar-refractivity contribution in [3.63, 3.8) is 0 Å². The maximum absolute atomic E-state index is 6.27. The summed E-state index contributed by atoms with van der Waals surface area (Å²) in [5, 5.41) is 3.53. The van der Waals surface area contributed by atoms with E-state index >= 15 is 0 Å². The Hall–Kier alpha value is -0.120. The molecule has 2 saturated heterocycles. The number of hydrogen-bond acceptors (Lipinski definition) is 3. The quantitative estimate of drug-likeness (QED) is 0.816. The SMILES string of the molecule is C1COC(CNCC2CCC3(CCCC3)O2)C1. The van der Waals surface area contributed by atoms with Crippen molar-refractivity contribution in [1.82, 2.24) is 5.32 Å². The zero-order chi connectivity index (χ0) is 11.6. The molecule has 1 aliphatic carbocycles. The van der Waals surface area contributed by atoms with E-state index in [0.717, 1.165) is 19.7 Å². The van der Waals surface area contributed by atoms with Gasteiger partial charge in [-0.2, -0.15) is 0 Å². The first kappa shape index (κ1) is 11.9. The van der Waals surface area contributed by atoms with Crippen molar-refractivity contribution in [2.45, 2.75) is 69.2 Å². The van der Waals surface area contributed by atoms with Gasteiger partial charge in [-0.1, -0.05) is 12.8 Å². The number of nitrogens with one attached hydrogen (secondary N) is 1. The van der Waals surface area contributed by atoms with Crippen LogP contribution in [0.4, 0.5) is 0 Å². The summed E-state index contributed by atoms with van der Waals surface area (Å²) in [6.45, 7) is 2.98. The van der Waals surface area contributed by atoms with Crippen molar-refractivity contribution in [3.05, 3.63) is 0 Å². The highest BCUT2D eigenvalue weighted by Crippen LogP contribution is 2.43. The Morgan fingerprint density at radius 2 is 1.76 bits per heavy atom. The molecule has 2 aliphatic heterocycles. The van der Waals surface area contributed by atoms with Gasteiger partial charge in [-0.15, -0.1) is 0 Å². The van der Waals surface area contributed by atoms with Gasteiger partial charge in [-0.25, -0.2) is 0 Å². The molecule has 0 aromatic heterocycles. The van der Waals surface area contributed by atoms with Crippen molar-refractivity contribution < 1.29 is 9.47 Å². The molecule has 3 rings (SSSR count). The molecule has 0 amide bonds. The molecule has 1 spiro atoms. The molecule has 2 unspecified atom stereocenters. The molecule has 0 aromatic carbocycles. The normalized spacial score (nSPS) is 36.0. The third-order valence-electron chi connectivity index (χ3n) is 4.62. The van der Waals surface area contributed by atoms with E-state index in [-0.39, 0.29) is 5.60 Å². The predicted molar refractivity (Wildman–Crippen MR) is 67.1 cm³/mol. The molecule has 0 bridgehead atoms. The number of ether oxygens (including phenoxy) is 2. The molecule has 0 aromatic rings. The second-order valence-electron chi connectivity index (χ2n) is 5.96. The van der Waals surface area contributed by atoms with Crippen LogP contribution < -0.4 is 5.32 Å². The fourth-order valence-electron chi connectivity index (χ4n) is 3.64. The second kappa shape index (κ2) is 5.25. The molecular formula is C14H25NO2. The molecule has 3 nitrogen and oxygen atoms in total. The maximum atomic E-state index is 6.27. The van der Waals surface area contributed by atoms with E-state index in [1.54, 1.807) is 0 Å². The Labute approximate surface area is 104 Å². The van der Waals surface area contributed by atoms with Gasteiger partial charge < -0.3 is 14.8 Å². The van der Waals surface area contributed by atoms with E-state index in [0.29, 0.717) is 12.2 Å². The van der Waals surface area contributed by atoms with Gasteiger partial charge >= 0.3 is 0 Å². The lowest BCUT2D eigenvalue weighted by Crippen LogP contribution is -2.34. The van der Waals surface area contributed by atoms with E-state index in [9.17, 15) is 0 Å². The lowest BCUT2D eigenvalue weighted by atomic mass is 9.98. The fraction of sp³-hybridized carbons (Fsp3) is 1.00. The summed E-state index contributed by atoms with van der Waals surface area (Å²) in [4.78, 5) is 0. The van der Waals surface area contributed by atoms with Gasteiger partial charge in [-0.3, -0.25) is 0 Å². The lowest BCUT2D eigenvalue weighted by molar-refractivity contribution is -0.0358. The summed E-state index contributed by atoms with van der Waals surface area (Å²) in [5.74, 6) is 0. The minimum absolute atomic E-state index is 0.288. The smallest absolute Gasteiger partial charge is 0.0708 e. The van der Waals surface area contributed by atoms with Gasteiger partial charge in [0, 0.05) is 19.7 Å². The van der Waals surface area contributed by atoms with Gasteiger partial charge in [0.2, 0.25) is 0 Å². The van der Waals surface area contributed by atoms with E-state index in [4.69, 9.17) is 9.47 Å². The standard InChI is InChI=1S/C14H25NO2/c1-2-7-14(6-1)8-5-13(17-14)11-15-10-12-4-3-9-16-12/h12-13,15H,1-11H2. The lowest BCUT2D eigenvalue weighted by Gasteiger charge is -2.24. The van der Waals surface area contributed by atoms with Crippen LogP contribution in [0.1, 0.15) is 51.4 Å². The van der Waals surface area contributed by atoms with E-state index in [2.05, 4.69) is 5.32 Å². The zero-order valence-corrected chi connectivity index (χ0v) is 10.7. The molecule has 3 fully saturated rings. The minimum Gasteiger partial charge on any atom is -0.377 e. The average molecular weight is 239 g/mol. The van der Waals surface area contributed by atoms with Crippen LogP contribution in [-0.2, 0) is 9.47 Å². The highest BCUT2D eigenvalue weighted by molar-refractivity contribution is 4.93. The summed E-state index contributed by atoms with van der Waals surface area (Å²) in [7, 11) is 0. The first-order valence-electron chi connectivity index (χ1n) is 7.36. The van der Waals surface area contributed by atoms with Crippen LogP contribution in [0.15, 0.2) is 0 Å². The minimum atomic E-state index is 0.288. The molecule has 1 saturated carbocycles. The monoisotopic (exact) mass is 239 g/mol. The molecule has 98 valence electrons. The summed E-state index contributed by atoms with van der Waals surface area (Å²) >= 11 is 0. The fourth-order valence-corrected chi connectivity index (χ4v) is 3.64. The first-order chi connectivity index (χ1) is 8.36. The van der Waals surface area contributed by atoms with Crippen LogP contribution in [0.5, 0.6) is 0 Å². The summed E-state index contributed by atoms with van der Waals surface area (Å²) < 4.78 is 11.9. The molecule has 3 heteroatoms. The topological polar surface area (TPSA) is 30.5 Å². The Kier molecular flexibility index (Phi) is 3.69. The first-order valence-corrected chi connectivity index (χ1v) is 7.36. The van der Waals surface area contributed by atoms with Crippen molar-refractivity contribution in [1.29, 1.82) is 0 Å². The third-order valence-corrected chi connectivity index (χ3v) is 4.62. The van der Waals surface area contributed by atoms with Crippen LogP contribution in [0, 0.1) is 0 Å². The summed E-state index contributed by atoms with van der Waals surface area (Å²) in [6, 6.07) is 0. The Morgan fingerprint density at radius 3 is 2.53 bits per heavy atom. The Balaban J connectivity index is 1.36. The van der Waals surface area contributed by atoms with Crippen molar-refractivity contribution >= 4 is 0 Å². The average Bonchev–Trinajstić information content (AvgIpc) is 3.04. The van der Waals surface area contributed by atoms with E-state index in [1.807, 2.05) is 0 Å². The van der Waals surface area contributed by atoms with Crippen LogP contribution in [0.25, 0.3) is 0 Å². The van der Waals surface area contributed by atoms with E-state index < -0.39 is 0 Å². The van der Waals surface area contributed by atoms with Crippen molar-refractivity contribution in [2.75, 3.05) is 19.7 Å². The zero-order valence-electron chi connectivity index (χ0n) is 10.7. The second-order valence-corrected chi connectivity index (χ2v) is 5.96. The number of rotatable bonds is 4. The highest BCUT2D eigenvalue weighted by atomic mass is 16.5. The van der Waals surface area contributed by atoms with Crippen LogP contribution >= 0.6 is 0 Å². The summed E-state index contributed by atoms with van der Waals surface area (Å²) in [5.41, 5.74) is 0.288. The van der Waals surface area contributed by atoms with Crippen LogP contribution in [0.2, 0.25) is 0 Å². The largest absolute Gasteiger partial charge is 0.377 e. The van der Waals surface area contributed by atoms with E-state index in [1.165, 1.54) is 51.4 Å². The molecule has 3 aliphatic rings. The Bertz CT molecular complexity index is 245. The van der Waals surface area contributed by atoms with Gasteiger partial charge in [0.25, 0.3) is 0 Å². The maximum Gasteiger partial charge on any atom is 0.0708 e. The highest BCUT2D eigenvalue weighted by Gasteiger charge is 2.41. The molecular weight excluding hydrogens is 214 g/mol. The van der Waals surface area contributed by atoms with Crippen LogP contribution in [-0.4, -0.2) is 37.5 Å². The molecule has 2 atom stereocenters. The number of hydrogen-bond donors (Lipinski definition) is 1. The summed E-state index contributed by atoms with van der Waals surface area (Å²) in [6.07, 6.45) is 11.2. The van der Waals surface area contributed by atoms with Crippen LogP contribution in [0.3, 0.4) is 0 Å². The van der Waals surface area contributed by atoms with Gasteiger partial charge in [-0.05, 0) is 38.5 Å². The third kappa shape index (κ3) is 2.83. The van der Waals surface area contributed by atoms with Gasteiger partial charge in [0.1, 0.15) is 0 Å².